The fourth-order valence-corrected chi connectivity index (χ4v) is 3.73. The van der Waals surface area contributed by atoms with Crippen LogP contribution in [-0.4, -0.2) is 45.2 Å². The van der Waals surface area contributed by atoms with Crippen LogP contribution in [0.2, 0.25) is 0 Å². The Balaban J connectivity index is 2.14. The molecular weight excluding hydrogens is 500 g/mol. The van der Waals surface area contributed by atoms with Gasteiger partial charge in [0.1, 0.15) is 5.82 Å². The smallest absolute Gasteiger partial charge is 0.383 e. The van der Waals surface area contributed by atoms with Crippen molar-refractivity contribution in [3.05, 3.63) is 77.0 Å². The number of methoxy groups -OCH3 is 1. The number of hydrogen-bond donors (Lipinski definition) is 0. The van der Waals surface area contributed by atoms with E-state index in [1.807, 2.05) is 24.0 Å². The van der Waals surface area contributed by atoms with E-state index in [1.165, 1.54) is 13.2 Å². The molecule has 0 spiro atoms. The highest BCUT2D eigenvalue weighted by molar-refractivity contribution is 6.08. The van der Waals surface area contributed by atoms with Gasteiger partial charge in [-0.1, -0.05) is 24.3 Å². The SMILES string of the molecule is COCCN(C)c1cc(-c2ccccc2C)c(N(C)C(=O)c2cc(C(F)(F)F)cc(C(F)(F)F)c2)cn1. The number of pyridine rings is 1. The predicted octanol–water partition coefficient (Wildman–Crippen LogP) is 6.45. The number of aromatic nitrogens is 1. The van der Waals surface area contributed by atoms with Crippen molar-refractivity contribution in [1.29, 1.82) is 0 Å². The van der Waals surface area contributed by atoms with Crippen molar-refractivity contribution in [2.75, 3.05) is 44.2 Å². The third-order valence-corrected chi connectivity index (χ3v) is 5.83. The molecule has 0 aliphatic carbocycles. The number of carbonyl (C=O) groups is 1. The van der Waals surface area contributed by atoms with Crippen molar-refractivity contribution in [3.63, 3.8) is 0 Å². The molecule has 0 fully saturated rings. The lowest BCUT2D eigenvalue weighted by Gasteiger charge is -2.25. The summed E-state index contributed by atoms with van der Waals surface area (Å²) < 4.78 is 85.2. The number of benzene rings is 2. The normalized spacial score (nSPS) is 11.9. The van der Waals surface area contributed by atoms with Crippen LogP contribution in [0.3, 0.4) is 0 Å². The highest BCUT2D eigenvalue weighted by Crippen LogP contribution is 2.38. The van der Waals surface area contributed by atoms with E-state index in [-0.39, 0.29) is 11.8 Å². The Hall–Kier alpha value is -3.60. The topological polar surface area (TPSA) is 45.7 Å². The first-order valence-electron chi connectivity index (χ1n) is 11.1. The number of likely N-dealkylation sites (N-methyl/N-ethyl adjacent to an activating group) is 1. The van der Waals surface area contributed by atoms with Crippen molar-refractivity contribution in [2.24, 2.45) is 0 Å². The van der Waals surface area contributed by atoms with Crippen LogP contribution in [0.5, 0.6) is 0 Å². The van der Waals surface area contributed by atoms with Gasteiger partial charge in [0.05, 0.1) is 29.6 Å². The van der Waals surface area contributed by atoms with Gasteiger partial charge in [-0.05, 0) is 42.3 Å². The molecule has 1 amide bonds. The van der Waals surface area contributed by atoms with Gasteiger partial charge in [0, 0.05) is 38.9 Å². The highest BCUT2D eigenvalue weighted by atomic mass is 19.4. The van der Waals surface area contributed by atoms with Crippen molar-refractivity contribution >= 4 is 17.4 Å². The van der Waals surface area contributed by atoms with Gasteiger partial charge in [-0.25, -0.2) is 4.98 Å². The Morgan fingerprint density at radius 3 is 2.05 bits per heavy atom. The van der Waals surface area contributed by atoms with Gasteiger partial charge in [-0.2, -0.15) is 26.3 Å². The Morgan fingerprint density at radius 1 is 0.919 bits per heavy atom. The van der Waals surface area contributed by atoms with Gasteiger partial charge in [-0.3, -0.25) is 4.79 Å². The van der Waals surface area contributed by atoms with Crippen molar-refractivity contribution in [1.82, 2.24) is 4.98 Å². The summed E-state index contributed by atoms with van der Waals surface area (Å²) in [5.74, 6) is -0.507. The fraction of sp³-hybridized carbons (Fsp3) is 0.308. The van der Waals surface area contributed by atoms with Crippen LogP contribution in [0.25, 0.3) is 11.1 Å². The number of rotatable bonds is 7. The van der Waals surface area contributed by atoms with E-state index in [2.05, 4.69) is 4.98 Å². The van der Waals surface area contributed by atoms with Crippen molar-refractivity contribution in [2.45, 2.75) is 19.3 Å². The molecule has 2 aromatic carbocycles. The molecular formula is C26H25F6N3O2. The first-order chi connectivity index (χ1) is 17.2. The molecule has 0 radical (unpaired) electrons. The fourth-order valence-electron chi connectivity index (χ4n) is 3.73. The molecule has 0 N–H and O–H groups in total. The van der Waals surface area contributed by atoms with Crippen molar-refractivity contribution in [3.8, 4) is 11.1 Å². The number of anilines is 2. The second-order valence-corrected chi connectivity index (χ2v) is 8.45. The molecule has 37 heavy (non-hydrogen) atoms. The number of amides is 1. The third kappa shape index (κ3) is 6.40. The lowest BCUT2D eigenvalue weighted by atomic mass is 9.98. The Labute approximate surface area is 210 Å². The highest BCUT2D eigenvalue weighted by Gasteiger charge is 2.38. The number of halogens is 6. The zero-order valence-electron chi connectivity index (χ0n) is 20.5. The molecule has 1 aromatic heterocycles. The Bertz CT molecular complexity index is 1240. The van der Waals surface area contributed by atoms with Crippen LogP contribution >= 0.6 is 0 Å². The molecule has 11 heteroatoms. The minimum absolute atomic E-state index is 0.0122. The van der Waals surface area contributed by atoms with Crippen LogP contribution in [0.1, 0.15) is 27.0 Å². The first-order valence-corrected chi connectivity index (χ1v) is 11.1. The molecule has 0 bridgehead atoms. The summed E-state index contributed by atoms with van der Waals surface area (Å²) in [6.07, 6.45) is -8.77. The van der Waals surface area contributed by atoms with E-state index in [0.717, 1.165) is 16.0 Å². The number of ether oxygens (including phenoxy) is 1. The number of carbonyl (C=O) groups excluding carboxylic acids is 1. The molecule has 0 saturated carbocycles. The predicted molar refractivity (Wildman–Crippen MR) is 129 cm³/mol. The van der Waals surface area contributed by atoms with Gasteiger partial charge in [0.25, 0.3) is 5.91 Å². The number of aryl methyl sites for hydroxylation is 1. The van der Waals surface area contributed by atoms with Gasteiger partial charge >= 0.3 is 12.4 Å². The second-order valence-electron chi connectivity index (χ2n) is 8.45. The summed E-state index contributed by atoms with van der Waals surface area (Å²) in [5, 5.41) is 0. The molecule has 0 aliphatic rings. The summed E-state index contributed by atoms with van der Waals surface area (Å²) in [6, 6.07) is 9.79. The molecule has 5 nitrogen and oxygen atoms in total. The van der Waals surface area contributed by atoms with Crippen LogP contribution in [0.4, 0.5) is 37.8 Å². The molecule has 1 heterocycles. The van der Waals surface area contributed by atoms with Crippen LogP contribution in [0, 0.1) is 6.92 Å². The minimum Gasteiger partial charge on any atom is -0.383 e. The lowest BCUT2D eigenvalue weighted by Crippen LogP contribution is -2.28. The summed E-state index contributed by atoms with van der Waals surface area (Å²) in [7, 11) is 4.63. The zero-order valence-corrected chi connectivity index (χ0v) is 20.5. The number of hydrogen-bond acceptors (Lipinski definition) is 4. The monoisotopic (exact) mass is 525 g/mol. The average Bonchev–Trinajstić information content (AvgIpc) is 2.85. The van der Waals surface area contributed by atoms with Crippen LogP contribution in [-0.2, 0) is 17.1 Å². The lowest BCUT2D eigenvalue weighted by molar-refractivity contribution is -0.143. The minimum atomic E-state index is -5.07. The zero-order chi connectivity index (χ0) is 27.5. The van der Waals surface area contributed by atoms with Gasteiger partial charge in [0.15, 0.2) is 0 Å². The quantitative estimate of drug-likeness (QED) is 0.333. The molecule has 0 atom stereocenters. The molecule has 3 rings (SSSR count). The number of alkyl halides is 6. The van der Waals surface area contributed by atoms with Crippen molar-refractivity contribution < 1.29 is 35.9 Å². The molecule has 198 valence electrons. The molecule has 0 saturated heterocycles. The summed E-state index contributed by atoms with van der Waals surface area (Å²) >= 11 is 0. The van der Waals surface area contributed by atoms with E-state index in [0.29, 0.717) is 36.7 Å². The standard InChI is InChI=1S/C26H25F6N3O2/c1-16-7-5-6-8-20(16)21-14-23(34(2)9-10-37-4)33-15-22(21)35(3)24(36)17-11-18(25(27,28)29)13-19(12-17)26(30,31)32/h5-8,11-15H,9-10H2,1-4H3. The van der Waals surface area contributed by atoms with Gasteiger partial charge in [0.2, 0.25) is 0 Å². The largest absolute Gasteiger partial charge is 0.416 e. The summed E-state index contributed by atoms with van der Waals surface area (Å²) in [6.45, 7) is 2.78. The number of nitrogens with zero attached hydrogens (tertiary/aromatic N) is 3. The Kier molecular flexibility index (Phi) is 8.16. The molecule has 3 aromatic rings. The van der Waals surface area contributed by atoms with E-state index in [9.17, 15) is 31.1 Å². The van der Waals surface area contributed by atoms with E-state index in [1.54, 1.807) is 32.4 Å². The molecule has 0 unspecified atom stereocenters. The maximum atomic E-state index is 13.3. The van der Waals surface area contributed by atoms with Gasteiger partial charge in [-0.15, -0.1) is 0 Å². The van der Waals surface area contributed by atoms with Crippen LogP contribution in [0.15, 0.2) is 54.7 Å². The second kappa shape index (κ2) is 10.8. The third-order valence-electron chi connectivity index (χ3n) is 5.83. The van der Waals surface area contributed by atoms with E-state index in [4.69, 9.17) is 4.74 Å². The summed E-state index contributed by atoms with van der Waals surface area (Å²) in [4.78, 5) is 20.5. The van der Waals surface area contributed by atoms with Crippen LogP contribution < -0.4 is 9.80 Å². The maximum Gasteiger partial charge on any atom is 0.416 e. The van der Waals surface area contributed by atoms with E-state index < -0.39 is 35.0 Å². The average molecular weight is 525 g/mol. The first kappa shape index (κ1) is 28.0. The summed E-state index contributed by atoms with van der Waals surface area (Å²) in [5.41, 5.74) is -1.55. The molecule has 0 aliphatic heterocycles. The van der Waals surface area contributed by atoms with Gasteiger partial charge < -0.3 is 14.5 Å². The maximum absolute atomic E-state index is 13.3. The Morgan fingerprint density at radius 2 is 1.51 bits per heavy atom. The van der Waals surface area contributed by atoms with E-state index >= 15 is 0 Å².